The molecule has 0 saturated carbocycles. The van der Waals surface area contributed by atoms with E-state index in [1.165, 1.54) is 0 Å². The van der Waals surface area contributed by atoms with E-state index in [9.17, 15) is 9.59 Å². The SMILES string of the molecule is Cc1ccc(C)c(OC(=O)[C@@H]2CC(=O)N(c3ccc(Br)cc3)C2)c1. The zero-order chi connectivity index (χ0) is 17.3. The second kappa shape index (κ2) is 6.77. The number of hydrogen-bond donors (Lipinski definition) is 0. The Kier molecular flexibility index (Phi) is 4.71. The number of amides is 1. The molecule has 1 aliphatic heterocycles. The molecule has 4 nitrogen and oxygen atoms in total. The number of hydrogen-bond acceptors (Lipinski definition) is 3. The molecule has 0 aliphatic carbocycles. The van der Waals surface area contributed by atoms with E-state index in [1.54, 1.807) is 4.90 Å². The van der Waals surface area contributed by atoms with Crippen LogP contribution in [-0.4, -0.2) is 18.4 Å². The number of carbonyl (C=O) groups excluding carboxylic acids is 2. The van der Waals surface area contributed by atoms with Gasteiger partial charge in [0, 0.05) is 23.1 Å². The zero-order valence-electron chi connectivity index (χ0n) is 13.6. The van der Waals surface area contributed by atoms with Gasteiger partial charge in [0.25, 0.3) is 0 Å². The van der Waals surface area contributed by atoms with Crippen molar-refractivity contribution in [2.75, 3.05) is 11.4 Å². The second-order valence-corrected chi connectivity index (χ2v) is 6.99. The Bertz CT molecular complexity index is 786. The number of anilines is 1. The highest BCUT2D eigenvalue weighted by Crippen LogP contribution is 2.28. The van der Waals surface area contributed by atoms with Crippen LogP contribution in [0.5, 0.6) is 5.75 Å². The highest BCUT2D eigenvalue weighted by molar-refractivity contribution is 9.10. The minimum absolute atomic E-state index is 0.0553. The summed E-state index contributed by atoms with van der Waals surface area (Å²) in [6.07, 6.45) is 0.180. The molecule has 0 bridgehead atoms. The fraction of sp³-hybridized carbons (Fsp3) is 0.263. The molecular formula is C19H18BrNO3. The first-order valence-corrected chi connectivity index (χ1v) is 8.58. The van der Waals surface area contributed by atoms with E-state index in [0.717, 1.165) is 21.3 Å². The summed E-state index contributed by atoms with van der Waals surface area (Å²) in [5.74, 6) is -0.285. The monoisotopic (exact) mass is 387 g/mol. The Morgan fingerprint density at radius 3 is 2.58 bits per heavy atom. The Morgan fingerprint density at radius 1 is 1.17 bits per heavy atom. The van der Waals surface area contributed by atoms with Gasteiger partial charge in [-0.3, -0.25) is 9.59 Å². The molecule has 2 aromatic carbocycles. The van der Waals surface area contributed by atoms with Gasteiger partial charge in [-0.05, 0) is 55.3 Å². The Morgan fingerprint density at radius 2 is 1.88 bits per heavy atom. The smallest absolute Gasteiger partial charge is 0.316 e. The van der Waals surface area contributed by atoms with Crippen molar-refractivity contribution in [1.29, 1.82) is 0 Å². The largest absolute Gasteiger partial charge is 0.426 e. The summed E-state index contributed by atoms with van der Waals surface area (Å²) in [5, 5.41) is 0. The molecule has 0 unspecified atom stereocenters. The van der Waals surface area contributed by atoms with E-state index in [-0.39, 0.29) is 18.3 Å². The van der Waals surface area contributed by atoms with Crippen LogP contribution in [0.2, 0.25) is 0 Å². The zero-order valence-corrected chi connectivity index (χ0v) is 15.2. The van der Waals surface area contributed by atoms with Gasteiger partial charge >= 0.3 is 5.97 Å². The van der Waals surface area contributed by atoms with E-state index in [1.807, 2.05) is 56.3 Å². The number of halogens is 1. The average Bonchev–Trinajstić information content (AvgIpc) is 2.94. The fourth-order valence-electron chi connectivity index (χ4n) is 2.75. The lowest BCUT2D eigenvalue weighted by Gasteiger charge is -2.16. The van der Waals surface area contributed by atoms with Crippen molar-refractivity contribution in [2.45, 2.75) is 20.3 Å². The molecule has 0 aromatic heterocycles. The van der Waals surface area contributed by atoms with Crippen LogP contribution in [0.3, 0.4) is 0 Å². The van der Waals surface area contributed by atoms with Crippen molar-refractivity contribution < 1.29 is 14.3 Å². The summed E-state index contributed by atoms with van der Waals surface area (Å²) in [7, 11) is 0. The summed E-state index contributed by atoms with van der Waals surface area (Å²) in [4.78, 5) is 26.3. The normalized spacial score (nSPS) is 17.2. The molecule has 1 aliphatic rings. The maximum Gasteiger partial charge on any atom is 0.316 e. The van der Waals surface area contributed by atoms with E-state index in [4.69, 9.17) is 4.74 Å². The maximum absolute atomic E-state index is 12.4. The van der Waals surface area contributed by atoms with Gasteiger partial charge in [0.05, 0.1) is 5.92 Å². The van der Waals surface area contributed by atoms with Gasteiger partial charge in [-0.2, -0.15) is 0 Å². The molecule has 2 aromatic rings. The van der Waals surface area contributed by atoms with Gasteiger partial charge in [-0.1, -0.05) is 28.1 Å². The number of benzene rings is 2. The molecule has 3 rings (SSSR count). The topological polar surface area (TPSA) is 46.6 Å². The molecule has 24 heavy (non-hydrogen) atoms. The van der Waals surface area contributed by atoms with Crippen LogP contribution in [0.15, 0.2) is 46.9 Å². The molecule has 1 fully saturated rings. The predicted octanol–water partition coefficient (Wildman–Crippen LogP) is 4.02. The second-order valence-electron chi connectivity index (χ2n) is 6.07. The standard InChI is InChI=1S/C19H18BrNO3/c1-12-3-4-13(2)17(9-12)24-19(23)14-10-18(22)21(11-14)16-7-5-15(20)6-8-16/h3-9,14H,10-11H2,1-2H3/t14-/m1/s1. The summed E-state index contributed by atoms with van der Waals surface area (Å²) >= 11 is 3.38. The lowest BCUT2D eigenvalue weighted by atomic mass is 10.1. The van der Waals surface area contributed by atoms with E-state index in [2.05, 4.69) is 15.9 Å². The van der Waals surface area contributed by atoms with Crippen LogP contribution in [0.25, 0.3) is 0 Å². The highest BCUT2D eigenvalue weighted by atomic mass is 79.9. The quantitative estimate of drug-likeness (QED) is 0.589. The van der Waals surface area contributed by atoms with Gasteiger partial charge in [-0.25, -0.2) is 0 Å². The number of carbonyl (C=O) groups is 2. The Labute approximate surface area is 149 Å². The third-order valence-electron chi connectivity index (χ3n) is 4.15. The lowest BCUT2D eigenvalue weighted by molar-refractivity contribution is -0.139. The lowest BCUT2D eigenvalue weighted by Crippen LogP contribution is -2.27. The van der Waals surface area contributed by atoms with Crippen LogP contribution in [-0.2, 0) is 9.59 Å². The number of aryl methyl sites for hydroxylation is 2. The number of rotatable bonds is 3. The van der Waals surface area contributed by atoms with Gasteiger partial charge in [0.15, 0.2) is 0 Å². The summed E-state index contributed by atoms with van der Waals surface area (Å²) < 4.78 is 6.48. The number of ether oxygens (including phenoxy) is 1. The third-order valence-corrected chi connectivity index (χ3v) is 4.68. The predicted molar refractivity (Wildman–Crippen MR) is 96.2 cm³/mol. The first kappa shape index (κ1) is 16.7. The van der Waals surface area contributed by atoms with Crippen molar-refractivity contribution in [3.8, 4) is 5.75 Å². The van der Waals surface area contributed by atoms with Crippen LogP contribution in [0.1, 0.15) is 17.5 Å². The van der Waals surface area contributed by atoms with Crippen LogP contribution >= 0.6 is 15.9 Å². The summed E-state index contributed by atoms with van der Waals surface area (Å²) in [6, 6.07) is 13.2. The molecule has 1 heterocycles. The van der Waals surface area contributed by atoms with Gasteiger partial charge in [0.2, 0.25) is 5.91 Å². The van der Waals surface area contributed by atoms with Gasteiger partial charge in [0.1, 0.15) is 5.75 Å². The van der Waals surface area contributed by atoms with Crippen molar-refractivity contribution in [3.05, 3.63) is 58.1 Å². The van der Waals surface area contributed by atoms with E-state index in [0.29, 0.717) is 12.3 Å². The van der Waals surface area contributed by atoms with Gasteiger partial charge in [-0.15, -0.1) is 0 Å². The van der Waals surface area contributed by atoms with E-state index < -0.39 is 5.92 Å². The van der Waals surface area contributed by atoms with E-state index >= 15 is 0 Å². The number of nitrogens with zero attached hydrogens (tertiary/aromatic N) is 1. The molecule has 0 spiro atoms. The first-order valence-electron chi connectivity index (χ1n) is 7.79. The maximum atomic E-state index is 12.4. The van der Waals surface area contributed by atoms with Gasteiger partial charge < -0.3 is 9.64 Å². The van der Waals surface area contributed by atoms with Crippen LogP contribution in [0.4, 0.5) is 5.69 Å². The molecular weight excluding hydrogens is 370 g/mol. The highest BCUT2D eigenvalue weighted by Gasteiger charge is 2.36. The summed E-state index contributed by atoms with van der Waals surface area (Å²) in [5.41, 5.74) is 2.73. The minimum atomic E-state index is -0.443. The molecule has 5 heteroatoms. The number of esters is 1. The third kappa shape index (κ3) is 3.51. The van der Waals surface area contributed by atoms with Crippen LogP contribution in [0, 0.1) is 19.8 Å². The van der Waals surface area contributed by atoms with Crippen molar-refractivity contribution >= 4 is 33.5 Å². The average molecular weight is 388 g/mol. The first-order chi connectivity index (χ1) is 11.4. The Balaban J connectivity index is 1.72. The fourth-order valence-corrected chi connectivity index (χ4v) is 3.01. The molecule has 0 N–H and O–H groups in total. The van der Waals surface area contributed by atoms with Crippen molar-refractivity contribution in [1.82, 2.24) is 0 Å². The molecule has 124 valence electrons. The minimum Gasteiger partial charge on any atom is -0.426 e. The summed E-state index contributed by atoms with van der Waals surface area (Å²) in [6.45, 7) is 4.20. The van der Waals surface area contributed by atoms with Crippen LogP contribution < -0.4 is 9.64 Å². The molecule has 1 atom stereocenters. The molecule has 1 amide bonds. The Hall–Kier alpha value is -2.14. The molecule has 0 radical (unpaired) electrons. The molecule has 1 saturated heterocycles. The van der Waals surface area contributed by atoms with Crippen molar-refractivity contribution in [3.63, 3.8) is 0 Å². The van der Waals surface area contributed by atoms with Crippen molar-refractivity contribution in [2.24, 2.45) is 5.92 Å².